The van der Waals surface area contributed by atoms with Crippen molar-refractivity contribution in [3.63, 3.8) is 0 Å². The molecule has 0 unspecified atom stereocenters. The van der Waals surface area contributed by atoms with Crippen LogP contribution in [0.3, 0.4) is 0 Å². The Labute approximate surface area is 320 Å². The predicted molar refractivity (Wildman–Crippen MR) is 230 cm³/mol. The van der Waals surface area contributed by atoms with Gasteiger partial charge in [0.25, 0.3) is 0 Å². The fourth-order valence-electron chi connectivity index (χ4n) is 8.74. The fraction of sp³-hybridized carbons (Fsp3) is 0.0200. The van der Waals surface area contributed by atoms with Crippen molar-refractivity contribution < 1.29 is 4.42 Å². The Bertz CT molecular complexity index is 3300. The van der Waals surface area contributed by atoms with E-state index in [1.54, 1.807) is 0 Å². The summed E-state index contributed by atoms with van der Waals surface area (Å²) in [5.74, 6) is 0.657. The Morgan fingerprint density at radius 1 is 0.545 bits per heavy atom. The molecule has 1 aliphatic rings. The molecule has 0 saturated heterocycles. The number of para-hydroxylation sites is 2. The molecule has 0 N–H and O–H groups in total. The highest BCUT2D eigenvalue weighted by molar-refractivity contribution is 7.26. The van der Waals surface area contributed by atoms with E-state index in [1.165, 1.54) is 69.9 Å². The second-order valence-corrected chi connectivity index (χ2v) is 15.4. The SMILES string of the molecule is c1ccc(-c2nc3cc4c(cc3o2)-c2ccc(N(c3ccc5c6ccccc6n(-c6ccccc6)c5c3)c3cccc5c3sc3ccccc35)cc2C4)cc1. The summed E-state index contributed by atoms with van der Waals surface area (Å²) >= 11 is 1.87. The van der Waals surface area contributed by atoms with E-state index >= 15 is 0 Å². The maximum atomic E-state index is 6.32. The van der Waals surface area contributed by atoms with Gasteiger partial charge in [0.05, 0.1) is 21.4 Å². The zero-order valence-electron chi connectivity index (χ0n) is 29.6. The van der Waals surface area contributed by atoms with E-state index in [0.29, 0.717) is 5.89 Å². The van der Waals surface area contributed by atoms with Gasteiger partial charge >= 0.3 is 0 Å². The number of rotatable bonds is 5. The molecule has 5 heteroatoms. The van der Waals surface area contributed by atoms with Crippen molar-refractivity contribution in [3.8, 4) is 28.3 Å². The molecule has 0 fully saturated rings. The lowest BCUT2D eigenvalue weighted by Gasteiger charge is -2.27. The van der Waals surface area contributed by atoms with Crippen molar-refractivity contribution in [2.45, 2.75) is 6.42 Å². The lowest BCUT2D eigenvalue weighted by Crippen LogP contribution is -2.10. The Hall–Kier alpha value is -6.95. The zero-order valence-corrected chi connectivity index (χ0v) is 30.4. The van der Waals surface area contributed by atoms with Crippen LogP contribution < -0.4 is 4.90 Å². The Kier molecular flexibility index (Phi) is 6.53. The van der Waals surface area contributed by atoms with E-state index < -0.39 is 0 Å². The Balaban J connectivity index is 1.05. The molecule has 0 amide bonds. The normalized spacial score (nSPS) is 12.3. The predicted octanol–water partition coefficient (Wildman–Crippen LogP) is 14.0. The summed E-state index contributed by atoms with van der Waals surface area (Å²) in [6.45, 7) is 0. The number of thiophene rings is 1. The highest BCUT2D eigenvalue weighted by Gasteiger charge is 2.25. The molecular weight excluding hydrogens is 691 g/mol. The molecule has 3 heterocycles. The standard InChI is InChI=1S/C50H31N3OS/c1-3-12-31(13-4-1)50-51-43-28-33-26-32-27-35(22-24-37(32)42(33)30-47(43)54-50)52(45-20-11-18-41-40-17-8-10-21-48(40)55-49(41)45)36-23-25-39-38-16-7-9-19-44(38)53(46(39)29-36)34-14-5-2-6-15-34/h1-25,27-30H,26H2. The third kappa shape index (κ3) is 4.67. The first-order valence-electron chi connectivity index (χ1n) is 18.7. The largest absolute Gasteiger partial charge is 0.436 e. The van der Waals surface area contributed by atoms with E-state index in [9.17, 15) is 0 Å². The first-order chi connectivity index (χ1) is 27.2. The molecule has 11 aromatic rings. The van der Waals surface area contributed by atoms with Gasteiger partial charge in [0.15, 0.2) is 5.58 Å². The minimum Gasteiger partial charge on any atom is -0.436 e. The van der Waals surface area contributed by atoms with Gasteiger partial charge in [0.2, 0.25) is 5.89 Å². The molecule has 0 bridgehead atoms. The number of nitrogens with zero attached hydrogens (tertiary/aromatic N) is 3. The summed E-state index contributed by atoms with van der Waals surface area (Å²) in [5.41, 5.74) is 14.7. The third-order valence-corrected chi connectivity index (χ3v) is 12.4. The highest BCUT2D eigenvalue weighted by atomic mass is 32.1. The van der Waals surface area contributed by atoms with Crippen LogP contribution in [0, 0.1) is 0 Å². The van der Waals surface area contributed by atoms with Gasteiger partial charge < -0.3 is 13.9 Å². The summed E-state index contributed by atoms with van der Waals surface area (Å²) in [6.07, 6.45) is 0.837. The Morgan fingerprint density at radius 2 is 1.25 bits per heavy atom. The maximum absolute atomic E-state index is 6.32. The van der Waals surface area contributed by atoms with Crippen LogP contribution in [0.5, 0.6) is 0 Å². The second kappa shape index (κ2) is 11.8. The minimum absolute atomic E-state index is 0.657. The van der Waals surface area contributed by atoms with Gasteiger partial charge in [-0.2, -0.15) is 0 Å². The van der Waals surface area contributed by atoms with Crippen LogP contribution in [0.1, 0.15) is 11.1 Å². The number of aromatic nitrogens is 2. The molecule has 0 saturated carbocycles. The first-order valence-corrected chi connectivity index (χ1v) is 19.5. The lowest BCUT2D eigenvalue weighted by molar-refractivity contribution is 0.620. The molecule has 0 aliphatic heterocycles. The van der Waals surface area contributed by atoms with Crippen molar-refractivity contribution in [3.05, 3.63) is 187 Å². The number of hydrogen-bond donors (Lipinski definition) is 0. The van der Waals surface area contributed by atoms with E-state index in [2.05, 4.69) is 155 Å². The van der Waals surface area contributed by atoms with E-state index in [4.69, 9.17) is 9.40 Å². The van der Waals surface area contributed by atoms with Gasteiger partial charge in [-0.3, -0.25) is 0 Å². The van der Waals surface area contributed by atoms with Gasteiger partial charge in [-0.15, -0.1) is 11.3 Å². The summed E-state index contributed by atoms with van der Waals surface area (Å²) in [5, 5.41) is 5.06. The average molecular weight is 722 g/mol. The van der Waals surface area contributed by atoms with E-state index in [0.717, 1.165) is 40.1 Å². The van der Waals surface area contributed by atoms with Crippen LogP contribution in [0.25, 0.3) is 81.3 Å². The fourth-order valence-corrected chi connectivity index (χ4v) is 9.95. The average Bonchev–Trinajstić information content (AvgIpc) is 4.01. The molecule has 0 atom stereocenters. The molecule has 3 aromatic heterocycles. The van der Waals surface area contributed by atoms with E-state index in [1.807, 2.05) is 41.7 Å². The van der Waals surface area contributed by atoms with Crippen LogP contribution in [0.15, 0.2) is 180 Å². The van der Waals surface area contributed by atoms with Crippen molar-refractivity contribution in [2.24, 2.45) is 0 Å². The van der Waals surface area contributed by atoms with Crippen molar-refractivity contribution >= 4 is 81.5 Å². The third-order valence-electron chi connectivity index (χ3n) is 11.2. The summed E-state index contributed by atoms with van der Waals surface area (Å²) in [7, 11) is 0. The zero-order chi connectivity index (χ0) is 36.0. The number of fused-ring (bicyclic) bond motifs is 10. The van der Waals surface area contributed by atoms with Gasteiger partial charge in [0.1, 0.15) is 5.52 Å². The molecular formula is C50H31N3OS. The van der Waals surface area contributed by atoms with Crippen molar-refractivity contribution in [1.82, 2.24) is 9.55 Å². The molecule has 8 aromatic carbocycles. The summed E-state index contributed by atoms with van der Waals surface area (Å²) < 4.78 is 11.3. The van der Waals surface area contributed by atoms with E-state index in [-0.39, 0.29) is 0 Å². The summed E-state index contributed by atoms with van der Waals surface area (Å²) in [4.78, 5) is 7.35. The summed E-state index contributed by atoms with van der Waals surface area (Å²) in [6, 6.07) is 63.4. The van der Waals surface area contributed by atoms with Crippen LogP contribution in [0.2, 0.25) is 0 Å². The molecule has 258 valence electrons. The number of benzene rings is 8. The number of hydrogen-bond acceptors (Lipinski definition) is 4. The quantitative estimate of drug-likeness (QED) is 0.177. The molecule has 12 rings (SSSR count). The smallest absolute Gasteiger partial charge is 0.227 e. The number of anilines is 3. The van der Waals surface area contributed by atoms with Crippen molar-refractivity contribution in [2.75, 3.05) is 4.90 Å². The highest BCUT2D eigenvalue weighted by Crippen LogP contribution is 2.48. The van der Waals surface area contributed by atoms with Gasteiger partial charge in [-0.05, 0) is 108 Å². The Morgan fingerprint density at radius 3 is 2.15 bits per heavy atom. The molecule has 4 nitrogen and oxygen atoms in total. The number of oxazole rings is 1. The van der Waals surface area contributed by atoms with Crippen LogP contribution in [-0.4, -0.2) is 9.55 Å². The molecule has 55 heavy (non-hydrogen) atoms. The van der Waals surface area contributed by atoms with Crippen LogP contribution >= 0.6 is 11.3 Å². The molecule has 0 radical (unpaired) electrons. The lowest BCUT2D eigenvalue weighted by atomic mass is 10.0. The minimum atomic E-state index is 0.657. The van der Waals surface area contributed by atoms with Crippen LogP contribution in [-0.2, 0) is 6.42 Å². The maximum Gasteiger partial charge on any atom is 0.227 e. The van der Waals surface area contributed by atoms with Gasteiger partial charge in [0, 0.05) is 48.9 Å². The topological polar surface area (TPSA) is 34.2 Å². The van der Waals surface area contributed by atoms with Crippen molar-refractivity contribution in [1.29, 1.82) is 0 Å². The monoisotopic (exact) mass is 721 g/mol. The first kappa shape index (κ1) is 30.5. The second-order valence-electron chi connectivity index (χ2n) is 14.4. The van der Waals surface area contributed by atoms with Gasteiger partial charge in [-0.25, -0.2) is 4.98 Å². The van der Waals surface area contributed by atoms with Gasteiger partial charge in [-0.1, -0.05) is 97.1 Å². The molecule has 0 spiro atoms. The van der Waals surface area contributed by atoms with Crippen LogP contribution in [0.4, 0.5) is 17.1 Å². The molecule has 1 aliphatic carbocycles.